The van der Waals surface area contributed by atoms with Gasteiger partial charge < -0.3 is 14.5 Å². The summed E-state index contributed by atoms with van der Waals surface area (Å²) in [6.07, 6.45) is 1.92. The van der Waals surface area contributed by atoms with Gasteiger partial charge >= 0.3 is 5.97 Å². The average Bonchev–Trinajstić information content (AvgIpc) is 3.02. The van der Waals surface area contributed by atoms with E-state index in [9.17, 15) is 9.59 Å². The standard InChI is InChI=1S/C17H15N3O4/c1-10-5-6-18-15(7-10)20-16(21)11(2)24-17(22)12-3-4-14-13(8-12)19-9-23-14/h3-9,11H,1-2H3,(H,18,20,21). The first-order valence-electron chi connectivity index (χ1n) is 7.30. The van der Waals surface area contributed by atoms with Gasteiger partial charge in [-0.25, -0.2) is 14.8 Å². The van der Waals surface area contributed by atoms with Crippen molar-refractivity contribution in [3.8, 4) is 0 Å². The third-order valence-electron chi connectivity index (χ3n) is 3.39. The average molecular weight is 325 g/mol. The smallest absolute Gasteiger partial charge is 0.338 e. The predicted molar refractivity (Wildman–Crippen MR) is 86.5 cm³/mol. The zero-order valence-corrected chi connectivity index (χ0v) is 13.1. The maximum atomic E-state index is 12.2. The normalized spacial score (nSPS) is 11.9. The first-order valence-corrected chi connectivity index (χ1v) is 7.30. The zero-order chi connectivity index (χ0) is 17.1. The van der Waals surface area contributed by atoms with Gasteiger partial charge in [-0.1, -0.05) is 0 Å². The van der Waals surface area contributed by atoms with Crippen LogP contribution >= 0.6 is 0 Å². The van der Waals surface area contributed by atoms with Gasteiger partial charge in [-0.3, -0.25) is 4.79 Å². The number of benzene rings is 1. The Labute approximate surface area is 137 Å². The minimum Gasteiger partial charge on any atom is -0.449 e. The van der Waals surface area contributed by atoms with Crippen LogP contribution in [-0.4, -0.2) is 27.9 Å². The fourth-order valence-corrected chi connectivity index (χ4v) is 2.10. The van der Waals surface area contributed by atoms with Gasteiger partial charge in [0, 0.05) is 6.20 Å². The zero-order valence-electron chi connectivity index (χ0n) is 13.1. The summed E-state index contributed by atoms with van der Waals surface area (Å²) in [6, 6.07) is 8.28. The number of carbonyl (C=O) groups excluding carboxylic acids is 2. The lowest BCUT2D eigenvalue weighted by Gasteiger charge is -2.13. The summed E-state index contributed by atoms with van der Waals surface area (Å²) in [5.74, 6) is -0.657. The van der Waals surface area contributed by atoms with Crippen molar-refractivity contribution in [3.05, 3.63) is 54.0 Å². The van der Waals surface area contributed by atoms with Gasteiger partial charge in [0.1, 0.15) is 11.3 Å². The molecule has 0 aliphatic carbocycles. The lowest BCUT2D eigenvalue weighted by Crippen LogP contribution is -2.30. The number of aromatic nitrogens is 2. The molecular formula is C17H15N3O4. The third-order valence-corrected chi connectivity index (χ3v) is 3.39. The van der Waals surface area contributed by atoms with E-state index in [4.69, 9.17) is 9.15 Å². The maximum Gasteiger partial charge on any atom is 0.338 e. The number of amides is 1. The molecule has 1 aromatic carbocycles. The molecule has 0 aliphatic heterocycles. The second-order valence-electron chi connectivity index (χ2n) is 5.29. The van der Waals surface area contributed by atoms with Gasteiger partial charge in [0.05, 0.1) is 5.56 Å². The van der Waals surface area contributed by atoms with Crippen molar-refractivity contribution in [2.45, 2.75) is 20.0 Å². The molecule has 122 valence electrons. The Kier molecular flexibility index (Phi) is 4.24. The highest BCUT2D eigenvalue weighted by atomic mass is 16.5. The van der Waals surface area contributed by atoms with Gasteiger partial charge in [0.2, 0.25) is 0 Å². The number of nitrogens with one attached hydrogen (secondary N) is 1. The molecule has 7 nitrogen and oxygen atoms in total. The van der Waals surface area contributed by atoms with Crippen molar-refractivity contribution in [2.24, 2.45) is 0 Å². The Morgan fingerprint density at radius 2 is 2.04 bits per heavy atom. The molecule has 0 spiro atoms. The molecule has 1 N–H and O–H groups in total. The molecule has 0 aliphatic rings. The highest BCUT2D eigenvalue weighted by Crippen LogP contribution is 2.15. The number of ether oxygens (including phenoxy) is 1. The van der Waals surface area contributed by atoms with Gasteiger partial charge in [0.25, 0.3) is 5.91 Å². The number of aryl methyl sites for hydroxylation is 1. The second-order valence-corrected chi connectivity index (χ2v) is 5.29. The lowest BCUT2D eigenvalue weighted by atomic mass is 10.2. The Hall–Kier alpha value is -3.22. The van der Waals surface area contributed by atoms with Crippen molar-refractivity contribution in [2.75, 3.05) is 5.32 Å². The largest absolute Gasteiger partial charge is 0.449 e. The highest BCUT2D eigenvalue weighted by molar-refractivity contribution is 5.98. The van der Waals surface area contributed by atoms with Crippen molar-refractivity contribution in [3.63, 3.8) is 0 Å². The van der Waals surface area contributed by atoms with E-state index in [1.165, 1.54) is 13.3 Å². The molecule has 1 unspecified atom stereocenters. The predicted octanol–water partition coefficient (Wildman–Crippen LogP) is 2.72. The molecule has 3 rings (SSSR count). The van der Waals surface area contributed by atoms with Crippen LogP contribution in [-0.2, 0) is 9.53 Å². The van der Waals surface area contributed by atoms with Gasteiger partial charge in [-0.15, -0.1) is 0 Å². The molecule has 0 fully saturated rings. The van der Waals surface area contributed by atoms with Crippen LogP contribution in [0.25, 0.3) is 11.1 Å². The molecule has 0 saturated carbocycles. The molecule has 1 atom stereocenters. The molecule has 3 aromatic rings. The van der Waals surface area contributed by atoms with Crippen molar-refractivity contribution >= 4 is 28.8 Å². The highest BCUT2D eigenvalue weighted by Gasteiger charge is 2.20. The topological polar surface area (TPSA) is 94.3 Å². The number of hydrogen-bond donors (Lipinski definition) is 1. The van der Waals surface area contributed by atoms with E-state index >= 15 is 0 Å². The molecule has 7 heteroatoms. The number of carbonyl (C=O) groups is 2. The van der Waals surface area contributed by atoms with E-state index in [1.807, 2.05) is 13.0 Å². The second kappa shape index (κ2) is 6.49. The molecular weight excluding hydrogens is 310 g/mol. The number of anilines is 1. The van der Waals surface area contributed by atoms with E-state index in [1.54, 1.807) is 30.5 Å². The Morgan fingerprint density at radius 3 is 2.83 bits per heavy atom. The van der Waals surface area contributed by atoms with E-state index in [-0.39, 0.29) is 0 Å². The number of esters is 1. The van der Waals surface area contributed by atoms with E-state index in [0.29, 0.717) is 22.5 Å². The minimum absolute atomic E-state index is 0.296. The van der Waals surface area contributed by atoms with Crippen LogP contribution in [0.15, 0.2) is 47.3 Å². The van der Waals surface area contributed by atoms with Crippen molar-refractivity contribution in [1.82, 2.24) is 9.97 Å². The van der Waals surface area contributed by atoms with Crippen LogP contribution in [0.2, 0.25) is 0 Å². The Morgan fingerprint density at radius 1 is 1.21 bits per heavy atom. The summed E-state index contributed by atoms with van der Waals surface area (Å²) in [4.78, 5) is 32.3. The fourth-order valence-electron chi connectivity index (χ4n) is 2.10. The number of oxazole rings is 1. The Balaban J connectivity index is 1.65. The summed E-state index contributed by atoms with van der Waals surface area (Å²) >= 11 is 0. The van der Waals surface area contributed by atoms with Crippen LogP contribution in [0, 0.1) is 6.92 Å². The summed E-state index contributed by atoms with van der Waals surface area (Å²) in [7, 11) is 0. The van der Waals surface area contributed by atoms with Crippen LogP contribution in [0.3, 0.4) is 0 Å². The monoisotopic (exact) mass is 325 g/mol. The fraction of sp³-hybridized carbons (Fsp3) is 0.176. The molecule has 24 heavy (non-hydrogen) atoms. The SMILES string of the molecule is Cc1ccnc(NC(=O)C(C)OC(=O)c2ccc3ocnc3c2)c1. The lowest BCUT2D eigenvalue weighted by molar-refractivity contribution is -0.123. The van der Waals surface area contributed by atoms with Crippen LogP contribution in [0.1, 0.15) is 22.8 Å². The number of fused-ring (bicyclic) bond motifs is 1. The summed E-state index contributed by atoms with van der Waals surface area (Å²) in [5.41, 5.74) is 2.38. The number of rotatable bonds is 4. The van der Waals surface area contributed by atoms with Crippen molar-refractivity contribution < 1.29 is 18.7 Å². The quantitative estimate of drug-likeness (QED) is 0.741. The number of pyridine rings is 1. The number of hydrogen-bond acceptors (Lipinski definition) is 6. The van der Waals surface area contributed by atoms with E-state index < -0.39 is 18.0 Å². The molecule has 0 radical (unpaired) electrons. The van der Waals surface area contributed by atoms with Gasteiger partial charge in [-0.2, -0.15) is 0 Å². The summed E-state index contributed by atoms with van der Waals surface area (Å²) in [6.45, 7) is 3.39. The minimum atomic E-state index is -0.965. The van der Waals surface area contributed by atoms with Gasteiger partial charge in [0.15, 0.2) is 18.1 Å². The first-order chi connectivity index (χ1) is 11.5. The van der Waals surface area contributed by atoms with E-state index in [0.717, 1.165) is 5.56 Å². The number of nitrogens with zero attached hydrogens (tertiary/aromatic N) is 2. The summed E-state index contributed by atoms with van der Waals surface area (Å²) in [5, 5.41) is 2.61. The van der Waals surface area contributed by atoms with E-state index in [2.05, 4.69) is 15.3 Å². The summed E-state index contributed by atoms with van der Waals surface area (Å²) < 4.78 is 10.3. The van der Waals surface area contributed by atoms with Crippen LogP contribution < -0.4 is 5.32 Å². The molecule has 2 aromatic heterocycles. The molecule has 0 bridgehead atoms. The third kappa shape index (κ3) is 3.40. The molecule has 1 amide bonds. The van der Waals surface area contributed by atoms with Crippen LogP contribution in [0.5, 0.6) is 0 Å². The van der Waals surface area contributed by atoms with Crippen molar-refractivity contribution in [1.29, 1.82) is 0 Å². The molecule has 2 heterocycles. The molecule has 0 saturated heterocycles. The van der Waals surface area contributed by atoms with Crippen LogP contribution in [0.4, 0.5) is 5.82 Å². The first kappa shape index (κ1) is 15.7. The van der Waals surface area contributed by atoms with Gasteiger partial charge in [-0.05, 0) is 49.7 Å². The Bertz CT molecular complexity index is 903. The maximum absolute atomic E-state index is 12.2.